The quantitative estimate of drug-likeness (QED) is 0.677. The second-order valence-electron chi connectivity index (χ2n) is 4.56. The van der Waals surface area contributed by atoms with E-state index in [9.17, 15) is 4.39 Å². The van der Waals surface area contributed by atoms with Crippen LogP contribution in [0.1, 0.15) is 16.5 Å². The highest BCUT2D eigenvalue weighted by Gasteiger charge is 2.13. The van der Waals surface area contributed by atoms with Gasteiger partial charge in [-0.15, -0.1) is 11.6 Å². The number of halogens is 3. The maximum absolute atomic E-state index is 13.4. The molecular formula is C16H15BrClFO2. The third-order valence-corrected chi connectivity index (χ3v) is 3.97. The molecule has 0 saturated carbocycles. The first kappa shape index (κ1) is 16.1. The van der Waals surface area contributed by atoms with Crippen LogP contribution >= 0.6 is 27.5 Å². The number of rotatable bonds is 5. The summed E-state index contributed by atoms with van der Waals surface area (Å²) >= 11 is 9.67. The lowest BCUT2D eigenvalue weighted by atomic mass is 10.0. The zero-order valence-electron chi connectivity index (χ0n) is 11.7. The van der Waals surface area contributed by atoms with Gasteiger partial charge in [-0.05, 0) is 47.9 Å². The Balaban J connectivity index is 2.20. The van der Waals surface area contributed by atoms with E-state index < -0.39 is 0 Å². The van der Waals surface area contributed by atoms with E-state index in [1.807, 2.05) is 24.3 Å². The summed E-state index contributed by atoms with van der Waals surface area (Å²) in [6, 6.07) is 10.3. The molecule has 2 aromatic rings. The Morgan fingerprint density at radius 1 is 1.10 bits per heavy atom. The number of benzene rings is 2. The minimum absolute atomic E-state index is 0.308. The van der Waals surface area contributed by atoms with Crippen LogP contribution in [-0.4, -0.2) is 14.2 Å². The molecule has 0 amide bonds. The van der Waals surface area contributed by atoms with Gasteiger partial charge in [-0.1, -0.05) is 22.0 Å². The fourth-order valence-electron chi connectivity index (χ4n) is 2.09. The monoisotopic (exact) mass is 372 g/mol. The highest BCUT2D eigenvalue weighted by molar-refractivity contribution is 9.10. The van der Waals surface area contributed by atoms with Crippen molar-refractivity contribution in [2.45, 2.75) is 11.8 Å². The van der Waals surface area contributed by atoms with Crippen molar-refractivity contribution in [3.05, 3.63) is 57.8 Å². The molecule has 1 atom stereocenters. The highest BCUT2D eigenvalue weighted by Crippen LogP contribution is 2.32. The van der Waals surface area contributed by atoms with Crippen LogP contribution < -0.4 is 9.47 Å². The van der Waals surface area contributed by atoms with Crippen molar-refractivity contribution in [2.75, 3.05) is 14.2 Å². The van der Waals surface area contributed by atoms with E-state index >= 15 is 0 Å². The Morgan fingerprint density at radius 2 is 1.81 bits per heavy atom. The molecule has 0 spiro atoms. The van der Waals surface area contributed by atoms with Crippen LogP contribution in [0.5, 0.6) is 11.5 Å². The van der Waals surface area contributed by atoms with Crippen molar-refractivity contribution in [3.63, 3.8) is 0 Å². The molecule has 2 nitrogen and oxygen atoms in total. The Bertz CT molecular complexity index is 613. The SMILES string of the molecule is COc1ccc(CC(Cl)c2cc(F)cc(Br)c2)cc1OC. The van der Waals surface area contributed by atoms with Crippen molar-refractivity contribution in [1.29, 1.82) is 0 Å². The predicted octanol–water partition coefficient (Wildman–Crippen LogP) is 5.13. The summed E-state index contributed by atoms with van der Waals surface area (Å²) in [6.07, 6.45) is 0.567. The average Bonchev–Trinajstić information content (AvgIpc) is 2.46. The number of methoxy groups -OCH3 is 2. The standard InChI is InChI=1S/C16H15BrClFO2/c1-20-15-4-3-10(6-16(15)21-2)5-14(18)11-7-12(17)9-13(19)8-11/h3-4,6-9,14H,5H2,1-2H3. The van der Waals surface area contributed by atoms with Crippen LogP contribution in [0.4, 0.5) is 4.39 Å². The van der Waals surface area contributed by atoms with Crippen LogP contribution in [0, 0.1) is 5.82 Å². The van der Waals surface area contributed by atoms with E-state index in [1.165, 1.54) is 12.1 Å². The predicted molar refractivity (Wildman–Crippen MR) is 85.9 cm³/mol. The Labute approximate surface area is 137 Å². The molecule has 21 heavy (non-hydrogen) atoms. The first-order valence-corrected chi connectivity index (χ1v) is 7.57. The van der Waals surface area contributed by atoms with E-state index in [4.69, 9.17) is 21.1 Å². The third-order valence-electron chi connectivity index (χ3n) is 3.11. The van der Waals surface area contributed by atoms with Crippen LogP contribution in [0.3, 0.4) is 0 Å². The van der Waals surface area contributed by atoms with Crippen molar-refractivity contribution in [3.8, 4) is 11.5 Å². The summed E-state index contributed by atoms with van der Waals surface area (Å²) in [7, 11) is 3.18. The Morgan fingerprint density at radius 3 is 2.43 bits per heavy atom. The molecule has 0 N–H and O–H groups in total. The number of hydrogen-bond acceptors (Lipinski definition) is 2. The van der Waals surface area contributed by atoms with Crippen molar-refractivity contribution < 1.29 is 13.9 Å². The summed E-state index contributed by atoms with van der Waals surface area (Å²) in [4.78, 5) is 0. The largest absolute Gasteiger partial charge is 0.493 e. The molecule has 0 saturated heterocycles. The smallest absolute Gasteiger partial charge is 0.160 e. The molecule has 1 unspecified atom stereocenters. The van der Waals surface area contributed by atoms with E-state index in [2.05, 4.69) is 15.9 Å². The van der Waals surface area contributed by atoms with Gasteiger partial charge in [-0.2, -0.15) is 0 Å². The van der Waals surface area contributed by atoms with Gasteiger partial charge in [0.25, 0.3) is 0 Å². The molecule has 0 aromatic heterocycles. The first-order chi connectivity index (χ1) is 10.0. The maximum atomic E-state index is 13.4. The van der Waals surface area contributed by atoms with Gasteiger partial charge in [-0.25, -0.2) is 4.39 Å². The third kappa shape index (κ3) is 4.11. The maximum Gasteiger partial charge on any atom is 0.160 e. The molecule has 0 fully saturated rings. The Kier molecular flexibility index (Phi) is 5.48. The number of hydrogen-bond donors (Lipinski definition) is 0. The summed E-state index contributed by atoms with van der Waals surface area (Å²) in [5, 5.41) is -0.324. The van der Waals surface area contributed by atoms with E-state index in [0.29, 0.717) is 22.4 Å². The topological polar surface area (TPSA) is 18.5 Å². The minimum Gasteiger partial charge on any atom is -0.493 e. The lowest BCUT2D eigenvalue weighted by Crippen LogP contribution is -1.98. The van der Waals surface area contributed by atoms with Gasteiger partial charge in [0.2, 0.25) is 0 Å². The van der Waals surface area contributed by atoms with Crippen molar-refractivity contribution >= 4 is 27.5 Å². The molecule has 0 aliphatic carbocycles. The molecule has 0 bridgehead atoms. The summed E-state index contributed by atoms with van der Waals surface area (Å²) in [5.41, 5.74) is 1.73. The molecule has 2 rings (SSSR count). The second kappa shape index (κ2) is 7.14. The zero-order valence-corrected chi connectivity index (χ0v) is 14.0. The van der Waals surface area contributed by atoms with E-state index in [0.717, 1.165) is 11.1 Å². The first-order valence-electron chi connectivity index (χ1n) is 6.34. The van der Waals surface area contributed by atoms with Crippen LogP contribution in [0.25, 0.3) is 0 Å². The fraction of sp³-hybridized carbons (Fsp3) is 0.250. The molecule has 112 valence electrons. The van der Waals surface area contributed by atoms with Crippen LogP contribution in [0.15, 0.2) is 40.9 Å². The minimum atomic E-state index is -0.324. The van der Waals surface area contributed by atoms with Crippen LogP contribution in [0.2, 0.25) is 0 Å². The molecule has 0 heterocycles. The average molecular weight is 374 g/mol. The number of ether oxygens (including phenoxy) is 2. The lowest BCUT2D eigenvalue weighted by Gasteiger charge is -2.13. The molecular weight excluding hydrogens is 359 g/mol. The van der Waals surface area contributed by atoms with Crippen molar-refractivity contribution in [1.82, 2.24) is 0 Å². The molecule has 0 aliphatic heterocycles. The van der Waals surface area contributed by atoms with E-state index in [1.54, 1.807) is 14.2 Å². The van der Waals surface area contributed by atoms with Gasteiger partial charge in [0.05, 0.1) is 19.6 Å². The van der Waals surface area contributed by atoms with E-state index in [-0.39, 0.29) is 11.2 Å². The molecule has 2 aromatic carbocycles. The Hall–Kier alpha value is -1.26. The van der Waals surface area contributed by atoms with Crippen LogP contribution in [-0.2, 0) is 6.42 Å². The summed E-state index contributed by atoms with van der Waals surface area (Å²) in [6.45, 7) is 0. The molecule has 5 heteroatoms. The van der Waals surface area contributed by atoms with Gasteiger partial charge in [0.1, 0.15) is 5.82 Å². The second-order valence-corrected chi connectivity index (χ2v) is 6.01. The van der Waals surface area contributed by atoms with Gasteiger partial charge in [0.15, 0.2) is 11.5 Å². The van der Waals surface area contributed by atoms with Gasteiger partial charge in [0, 0.05) is 4.47 Å². The molecule has 0 aliphatic rings. The molecule has 0 radical (unpaired) electrons. The number of alkyl halides is 1. The van der Waals surface area contributed by atoms with Gasteiger partial charge < -0.3 is 9.47 Å². The fourth-order valence-corrected chi connectivity index (χ4v) is 2.88. The lowest BCUT2D eigenvalue weighted by molar-refractivity contribution is 0.354. The van der Waals surface area contributed by atoms with Crippen molar-refractivity contribution in [2.24, 2.45) is 0 Å². The normalized spacial score (nSPS) is 12.0. The van der Waals surface area contributed by atoms with Gasteiger partial charge >= 0.3 is 0 Å². The zero-order chi connectivity index (χ0) is 15.4. The van der Waals surface area contributed by atoms with Gasteiger partial charge in [-0.3, -0.25) is 0 Å². The summed E-state index contributed by atoms with van der Waals surface area (Å²) in [5.74, 6) is 1.01. The summed E-state index contributed by atoms with van der Waals surface area (Å²) < 4.78 is 24.6. The highest BCUT2D eigenvalue weighted by atomic mass is 79.9.